The number of hydrogen-bond acceptors (Lipinski definition) is 6. The zero-order valence-electron chi connectivity index (χ0n) is 17.1. The molecule has 1 aromatic heterocycles. The SMILES string of the molecule is CN1CCN(c2ccc(N3CCN(C(=O)Cc4ccc(F)cc4F)CC3)nn2)CC1. The normalized spacial score (nSPS) is 18.0. The molecular weight excluding hydrogens is 390 g/mol. The van der Waals surface area contributed by atoms with Crippen LogP contribution in [0.15, 0.2) is 30.3 Å². The highest BCUT2D eigenvalue weighted by atomic mass is 19.1. The molecule has 30 heavy (non-hydrogen) atoms. The first-order valence-corrected chi connectivity index (χ1v) is 10.2. The minimum absolute atomic E-state index is 0.0639. The lowest BCUT2D eigenvalue weighted by molar-refractivity contribution is -0.130. The molecule has 3 heterocycles. The fraction of sp³-hybridized carbons (Fsp3) is 0.476. The van der Waals surface area contributed by atoms with Gasteiger partial charge in [0.15, 0.2) is 11.6 Å². The van der Waals surface area contributed by atoms with Gasteiger partial charge >= 0.3 is 0 Å². The summed E-state index contributed by atoms with van der Waals surface area (Å²) in [6.07, 6.45) is -0.0639. The summed E-state index contributed by atoms with van der Waals surface area (Å²) in [5.41, 5.74) is 0.217. The van der Waals surface area contributed by atoms with Crippen LogP contribution in [0.4, 0.5) is 20.4 Å². The van der Waals surface area contributed by atoms with Crippen LogP contribution in [0.5, 0.6) is 0 Å². The third kappa shape index (κ3) is 4.67. The molecule has 2 fully saturated rings. The molecule has 2 saturated heterocycles. The Kier molecular flexibility index (Phi) is 6.08. The Morgan fingerprint density at radius 3 is 1.97 bits per heavy atom. The van der Waals surface area contributed by atoms with E-state index in [4.69, 9.17) is 0 Å². The van der Waals surface area contributed by atoms with Crippen LogP contribution in [0.3, 0.4) is 0 Å². The molecule has 0 spiro atoms. The number of anilines is 2. The van der Waals surface area contributed by atoms with E-state index in [1.807, 2.05) is 12.1 Å². The lowest BCUT2D eigenvalue weighted by Crippen LogP contribution is -2.49. The molecule has 2 aliphatic heterocycles. The van der Waals surface area contributed by atoms with Gasteiger partial charge in [-0.05, 0) is 30.8 Å². The number of halogens is 2. The van der Waals surface area contributed by atoms with Crippen molar-refractivity contribution in [2.45, 2.75) is 6.42 Å². The van der Waals surface area contributed by atoms with Crippen molar-refractivity contribution in [3.8, 4) is 0 Å². The van der Waals surface area contributed by atoms with Gasteiger partial charge in [-0.3, -0.25) is 4.79 Å². The lowest BCUT2D eigenvalue weighted by atomic mass is 10.1. The van der Waals surface area contributed by atoms with Crippen LogP contribution in [0.1, 0.15) is 5.56 Å². The van der Waals surface area contributed by atoms with Gasteiger partial charge in [-0.25, -0.2) is 8.78 Å². The maximum absolute atomic E-state index is 13.8. The first-order chi connectivity index (χ1) is 14.5. The summed E-state index contributed by atoms with van der Waals surface area (Å²) in [6, 6.07) is 7.30. The summed E-state index contributed by atoms with van der Waals surface area (Å²) in [7, 11) is 2.12. The minimum Gasteiger partial charge on any atom is -0.353 e. The van der Waals surface area contributed by atoms with Crippen LogP contribution < -0.4 is 9.80 Å². The minimum atomic E-state index is -0.683. The molecule has 0 N–H and O–H groups in total. The standard InChI is InChI=1S/C21H26F2N6O/c1-26-6-8-27(9-7-26)19-4-5-20(25-24-19)28-10-12-29(13-11-28)21(30)14-16-2-3-17(22)15-18(16)23/h2-5,15H,6-14H2,1H3. The molecule has 9 heteroatoms. The quantitative estimate of drug-likeness (QED) is 0.751. The highest BCUT2D eigenvalue weighted by molar-refractivity contribution is 5.79. The summed E-state index contributed by atoms with van der Waals surface area (Å²) in [6.45, 7) is 6.26. The second kappa shape index (κ2) is 8.91. The smallest absolute Gasteiger partial charge is 0.227 e. The highest BCUT2D eigenvalue weighted by Gasteiger charge is 2.23. The van der Waals surface area contributed by atoms with Gasteiger partial charge in [-0.1, -0.05) is 6.07 Å². The van der Waals surface area contributed by atoms with E-state index in [0.717, 1.165) is 43.9 Å². The van der Waals surface area contributed by atoms with Gasteiger partial charge in [0.05, 0.1) is 6.42 Å². The molecular formula is C21H26F2N6O. The maximum Gasteiger partial charge on any atom is 0.227 e. The van der Waals surface area contributed by atoms with Gasteiger partial charge < -0.3 is 19.6 Å². The molecule has 0 aliphatic carbocycles. The van der Waals surface area contributed by atoms with Gasteiger partial charge in [-0.15, -0.1) is 10.2 Å². The number of carbonyl (C=O) groups excluding carboxylic acids is 1. The van der Waals surface area contributed by atoms with Crippen molar-refractivity contribution in [3.05, 3.63) is 47.5 Å². The van der Waals surface area contributed by atoms with Crippen molar-refractivity contribution >= 4 is 17.5 Å². The summed E-state index contributed by atoms with van der Waals surface area (Å²) < 4.78 is 26.8. The second-order valence-electron chi connectivity index (χ2n) is 7.82. The monoisotopic (exact) mass is 416 g/mol. The van der Waals surface area contributed by atoms with E-state index < -0.39 is 11.6 Å². The van der Waals surface area contributed by atoms with Crippen LogP contribution in [0.25, 0.3) is 0 Å². The number of amides is 1. The van der Waals surface area contributed by atoms with E-state index >= 15 is 0 Å². The van der Waals surface area contributed by atoms with Crippen LogP contribution in [-0.4, -0.2) is 85.3 Å². The first-order valence-electron chi connectivity index (χ1n) is 10.2. The molecule has 0 saturated carbocycles. The third-order valence-electron chi connectivity index (χ3n) is 5.78. The van der Waals surface area contributed by atoms with E-state index in [0.29, 0.717) is 26.2 Å². The number of hydrogen-bond donors (Lipinski definition) is 0. The average Bonchev–Trinajstić information content (AvgIpc) is 2.76. The number of piperazine rings is 2. The summed E-state index contributed by atoms with van der Waals surface area (Å²) in [5.74, 6) is 0.206. The van der Waals surface area contributed by atoms with Crippen LogP contribution >= 0.6 is 0 Å². The van der Waals surface area contributed by atoms with Crippen LogP contribution in [-0.2, 0) is 11.2 Å². The largest absolute Gasteiger partial charge is 0.353 e. The Labute approximate surface area is 174 Å². The molecule has 0 unspecified atom stereocenters. The van der Waals surface area contributed by atoms with E-state index in [9.17, 15) is 13.6 Å². The van der Waals surface area contributed by atoms with E-state index in [1.165, 1.54) is 12.1 Å². The Hall–Kier alpha value is -2.81. The second-order valence-corrected chi connectivity index (χ2v) is 7.82. The molecule has 7 nitrogen and oxygen atoms in total. The molecule has 0 atom stereocenters. The van der Waals surface area contributed by atoms with Crippen molar-refractivity contribution in [2.75, 3.05) is 69.2 Å². The Morgan fingerprint density at radius 1 is 0.867 bits per heavy atom. The summed E-state index contributed by atoms with van der Waals surface area (Å²) >= 11 is 0. The topological polar surface area (TPSA) is 55.8 Å². The fourth-order valence-corrected chi connectivity index (χ4v) is 3.82. The number of rotatable bonds is 4. The molecule has 160 valence electrons. The van der Waals surface area contributed by atoms with E-state index in [2.05, 4.69) is 31.9 Å². The molecule has 0 radical (unpaired) electrons. The number of nitrogens with zero attached hydrogens (tertiary/aromatic N) is 6. The van der Waals surface area contributed by atoms with Crippen molar-refractivity contribution in [3.63, 3.8) is 0 Å². The Bertz CT molecular complexity index is 878. The maximum atomic E-state index is 13.8. The van der Waals surface area contributed by atoms with Crippen molar-refractivity contribution in [1.29, 1.82) is 0 Å². The van der Waals surface area contributed by atoms with Crippen LogP contribution in [0.2, 0.25) is 0 Å². The first kappa shape index (κ1) is 20.5. The van der Waals surface area contributed by atoms with E-state index in [1.54, 1.807) is 4.90 Å². The zero-order valence-corrected chi connectivity index (χ0v) is 17.1. The Morgan fingerprint density at radius 2 is 1.43 bits per heavy atom. The molecule has 0 bridgehead atoms. The van der Waals surface area contributed by atoms with Gasteiger partial charge in [0, 0.05) is 58.4 Å². The van der Waals surface area contributed by atoms with Gasteiger partial charge in [-0.2, -0.15) is 0 Å². The highest BCUT2D eigenvalue weighted by Crippen LogP contribution is 2.18. The van der Waals surface area contributed by atoms with Crippen molar-refractivity contribution < 1.29 is 13.6 Å². The summed E-state index contributed by atoms with van der Waals surface area (Å²) in [5, 5.41) is 8.78. The lowest BCUT2D eigenvalue weighted by Gasteiger charge is -2.36. The molecule has 1 amide bonds. The zero-order chi connectivity index (χ0) is 21.1. The van der Waals surface area contributed by atoms with Crippen LogP contribution in [0, 0.1) is 11.6 Å². The summed E-state index contributed by atoms with van der Waals surface area (Å²) in [4.78, 5) is 20.8. The molecule has 4 rings (SSSR count). The number of benzene rings is 1. The predicted molar refractivity (Wildman–Crippen MR) is 111 cm³/mol. The number of carbonyl (C=O) groups is 1. The van der Waals surface area contributed by atoms with E-state index in [-0.39, 0.29) is 17.9 Å². The van der Waals surface area contributed by atoms with Crippen molar-refractivity contribution in [2.24, 2.45) is 0 Å². The van der Waals surface area contributed by atoms with Gasteiger partial charge in [0.2, 0.25) is 5.91 Å². The third-order valence-corrected chi connectivity index (χ3v) is 5.78. The van der Waals surface area contributed by atoms with Crippen molar-refractivity contribution in [1.82, 2.24) is 20.0 Å². The predicted octanol–water partition coefficient (Wildman–Crippen LogP) is 1.40. The van der Waals surface area contributed by atoms with Gasteiger partial charge in [0.25, 0.3) is 0 Å². The fourth-order valence-electron chi connectivity index (χ4n) is 3.82. The molecule has 2 aromatic rings. The van der Waals surface area contributed by atoms with Gasteiger partial charge in [0.1, 0.15) is 11.6 Å². The Balaban J connectivity index is 1.30. The number of aromatic nitrogens is 2. The molecule has 2 aliphatic rings. The average molecular weight is 416 g/mol. The molecule has 1 aromatic carbocycles. The number of likely N-dealkylation sites (N-methyl/N-ethyl adjacent to an activating group) is 1.